The number of benzene rings is 3. The highest BCUT2D eigenvalue weighted by molar-refractivity contribution is 7.16. The Morgan fingerprint density at radius 1 is 0.903 bits per heavy atom. The number of ether oxygens (including phenoxy) is 1. The second-order valence-electron chi connectivity index (χ2n) is 7.16. The van der Waals surface area contributed by atoms with Crippen LogP contribution >= 0.6 is 11.3 Å². The molecular weight excluding hydrogens is 411 g/mol. The van der Waals surface area contributed by atoms with E-state index in [0.717, 1.165) is 27.3 Å². The summed E-state index contributed by atoms with van der Waals surface area (Å²) in [4.78, 5) is 17.7. The number of rotatable bonds is 6. The first-order valence-corrected chi connectivity index (χ1v) is 10.6. The van der Waals surface area contributed by atoms with E-state index in [4.69, 9.17) is 4.74 Å². The first-order valence-electron chi connectivity index (χ1n) is 9.81. The maximum atomic E-state index is 13.1. The molecule has 0 aliphatic heterocycles. The predicted molar refractivity (Wildman–Crippen MR) is 123 cm³/mol. The van der Waals surface area contributed by atoms with Crippen molar-refractivity contribution in [3.63, 3.8) is 0 Å². The van der Waals surface area contributed by atoms with Gasteiger partial charge in [0.2, 0.25) is 0 Å². The Hall–Kier alpha value is -3.51. The van der Waals surface area contributed by atoms with Crippen LogP contribution < -0.4 is 10.1 Å². The van der Waals surface area contributed by atoms with E-state index in [1.165, 1.54) is 29.0 Å². The third-order valence-corrected chi connectivity index (χ3v) is 5.66. The molecule has 4 aromatic rings. The van der Waals surface area contributed by atoms with Gasteiger partial charge in [-0.3, -0.25) is 10.1 Å². The molecule has 156 valence electrons. The van der Waals surface area contributed by atoms with Gasteiger partial charge in [-0.25, -0.2) is 9.37 Å². The van der Waals surface area contributed by atoms with E-state index in [1.54, 1.807) is 12.1 Å². The fourth-order valence-electron chi connectivity index (χ4n) is 3.12. The summed E-state index contributed by atoms with van der Waals surface area (Å²) in [6.07, 6.45) is 0. The Kier molecular flexibility index (Phi) is 6.09. The van der Waals surface area contributed by atoms with Crippen LogP contribution in [-0.4, -0.2) is 17.5 Å². The molecule has 0 atom stereocenters. The fraction of sp³-hybridized carbons (Fsp3) is 0.120. The second kappa shape index (κ2) is 9.10. The zero-order valence-electron chi connectivity index (χ0n) is 17.2. The van der Waals surface area contributed by atoms with Crippen LogP contribution in [0.1, 0.15) is 10.4 Å². The highest BCUT2D eigenvalue weighted by atomic mass is 32.1. The van der Waals surface area contributed by atoms with Crippen LogP contribution in [0.15, 0.2) is 72.8 Å². The van der Waals surface area contributed by atoms with E-state index in [1.807, 2.05) is 31.2 Å². The molecule has 31 heavy (non-hydrogen) atoms. The molecule has 0 aliphatic carbocycles. The molecule has 0 fully saturated rings. The maximum absolute atomic E-state index is 13.1. The van der Waals surface area contributed by atoms with Gasteiger partial charge in [0.05, 0.1) is 5.69 Å². The number of carbonyl (C=O) groups is 1. The first kappa shape index (κ1) is 20.8. The molecule has 0 bridgehead atoms. The summed E-state index contributed by atoms with van der Waals surface area (Å²) >= 11 is 1.37. The van der Waals surface area contributed by atoms with Crippen molar-refractivity contribution < 1.29 is 13.9 Å². The topological polar surface area (TPSA) is 51.2 Å². The van der Waals surface area contributed by atoms with Crippen LogP contribution in [0.5, 0.6) is 5.75 Å². The smallest absolute Gasteiger partial charge is 0.264 e. The van der Waals surface area contributed by atoms with Crippen molar-refractivity contribution in [2.45, 2.75) is 13.8 Å². The van der Waals surface area contributed by atoms with E-state index in [2.05, 4.69) is 41.5 Å². The van der Waals surface area contributed by atoms with Gasteiger partial charge in [0, 0.05) is 10.4 Å². The number of nitrogens with zero attached hydrogens (tertiary/aromatic N) is 1. The SMILES string of the molecule is Cc1ccc(-c2ccc(OCC(=O)Nc3nc(-c4ccc(F)cc4)c(C)s3)cc2)cc1. The number of aryl methyl sites for hydroxylation is 2. The number of thiazole rings is 1. The number of carbonyl (C=O) groups excluding carboxylic acids is 1. The lowest BCUT2D eigenvalue weighted by molar-refractivity contribution is -0.118. The van der Waals surface area contributed by atoms with Gasteiger partial charge in [-0.2, -0.15) is 0 Å². The lowest BCUT2D eigenvalue weighted by atomic mass is 10.0. The minimum absolute atomic E-state index is 0.117. The summed E-state index contributed by atoms with van der Waals surface area (Å²) in [6, 6.07) is 22.1. The third-order valence-electron chi connectivity index (χ3n) is 4.77. The van der Waals surface area contributed by atoms with E-state index < -0.39 is 0 Å². The Morgan fingerprint density at radius 3 is 2.13 bits per heavy atom. The van der Waals surface area contributed by atoms with Gasteiger partial charge < -0.3 is 4.74 Å². The van der Waals surface area contributed by atoms with Gasteiger partial charge in [-0.15, -0.1) is 11.3 Å². The number of anilines is 1. The molecule has 4 nitrogen and oxygen atoms in total. The summed E-state index contributed by atoms with van der Waals surface area (Å²) < 4.78 is 18.7. The molecule has 4 rings (SSSR count). The zero-order valence-corrected chi connectivity index (χ0v) is 18.0. The summed E-state index contributed by atoms with van der Waals surface area (Å²) in [5.74, 6) is 0.0320. The zero-order chi connectivity index (χ0) is 21.8. The molecule has 3 aromatic carbocycles. The Balaban J connectivity index is 1.35. The Morgan fingerprint density at radius 2 is 1.48 bits per heavy atom. The van der Waals surface area contributed by atoms with Gasteiger partial charge in [0.15, 0.2) is 11.7 Å². The molecule has 0 saturated carbocycles. The average Bonchev–Trinajstić information content (AvgIpc) is 3.13. The lowest BCUT2D eigenvalue weighted by Crippen LogP contribution is -2.20. The summed E-state index contributed by atoms with van der Waals surface area (Å²) in [6.45, 7) is 3.86. The van der Waals surface area contributed by atoms with Crippen molar-refractivity contribution in [2.24, 2.45) is 0 Å². The predicted octanol–water partition coefficient (Wildman–Crippen LogP) is 6.25. The van der Waals surface area contributed by atoms with Gasteiger partial charge in [0.1, 0.15) is 11.6 Å². The van der Waals surface area contributed by atoms with Crippen molar-refractivity contribution in [1.29, 1.82) is 0 Å². The van der Waals surface area contributed by atoms with Crippen molar-refractivity contribution in [3.8, 4) is 28.1 Å². The summed E-state index contributed by atoms with van der Waals surface area (Å²) in [5, 5.41) is 3.25. The molecular formula is C25H21FN2O2S. The molecule has 1 aromatic heterocycles. The maximum Gasteiger partial charge on any atom is 0.264 e. The second-order valence-corrected chi connectivity index (χ2v) is 8.36. The van der Waals surface area contributed by atoms with Crippen LogP contribution in [0.25, 0.3) is 22.4 Å². The first-order chi connectivity index (χ1) is 15.0. The molecule has 1 heterocycles. The van der Waals surface area contributed by atoms with E-state index in [-0.39, 0.29) is 18.3 Å². The minimum atomic E-state index is -0.297. The third kappa shape index (κ3) is 5.16. The van der Waals surface area contributed by atoms with Gasteiger partial charge in [0.25, 0.3) is 5.91 Å². The van der Waals surface area contributed by atoms with Crippen LogP contribution in [0.2, 0.25) is 0 Å². The monoisotopic (exact) mass is 432 g/mol. The van der Waals surface area contributed by atoms with Gasteiger partial charge in [-0.1, -0.05) is 42.0 Å². The number of amides is 1. The Bertz CT molecular complexity index is 1180. The lowest BCUT2D eigenvalue weighted by Gasteiger charge is -2.07. The molecule has 1 N–H and O–H groups in total. The fourth-order valence-corrected chi connectivity index (χ4v) is 3.97. The summed E-state index contributed by atoms with van der Waals surface area (Å²) in [7, 11) is 0. The molecule has 1 amide bonds. The van der Waals surface area contributed by atoms with Crippen LogP contribution in [-0.2, 0) is 4.79 Å². The summed E-state index contributed by atoms with van der Waals surface area (Å²) in [5.41, 5.74) is 4.97. The van der Waals surface area contributed by atoms with E-state index >= 15 is 0 Å². The molecule has 0 radical (unpaired) electrons. The highest BCUT2D eigenvalue weighted by Gasteiger charge is 2.13. The Labute approximate surface area is 184 Å². The van der Waals surface area contributed by atoms with Crippen LogP contribution in [0.3, 0.4) is 0 Å². The van der Waals surface area contributed by atoms with Crippen LogP contribution in [0.4, 0.5) is 9.52 Å². The molecule has 6 heteroatoms. The molecule has 0 aliphatic rings. The van der Waals surface area contributed by atoms with Crippen molar-refractivity contribution in [3.05, 3.63) is 89.1 Å². The quantitative estimate of drug-likeness (QED) is 0.392. The number of hydrogen-bond acceptors (Lipinski definition) is 4. The highest BCUT2D eigenvalue weighted by Crippen LogP contribution is 2.30. The standard InChI is InChI=1S/C25H21FN2O2S/c1-16-3-5-18(6-4-16)19-9-13-22(14-10-19)30-15-23(29)27-25-28-24(17(2)31-25)20-7-11-21(26)12-8-20/h3-14H,15H2,1-2H3,(H,27,28,29). The van der Waals surface area contributed by atoms with Crippen molar-refractivity contribution in [1.82, 2.24) is 4.98 Å². The van der Waals surface area contributed by atoms with Crippen molar-refractivity contribution in [2.75, 3.05) is 11.9 Å². The van der Waals surface area contributed by atoms with E-state index in [0.29, 0.717) is 10.9 Å². The van der Waals surface area contributed by atoms with Gasteiger partial charge >= 0.3 is 0 Å². The number of halogens is 1. The molecule has 0 spiro atoms. The normalized spacial score (nSPS) is 10.7. The van der Waals surface area contributed by atoms with Crippen LogP contribution in [0, 0.1) is 19.7 Å². The molecule has 0 unspecified atom stereocenters. The number of nitrogens with one attached hydrogen (secondary N) is 1. The largest absolute Gasteiger partial charge is 0.484 e. The van der Waals surface area contributed by atoms with Crippen molar-refractivity contribution >= 4 is 22.4 Å². The average molecular weight is 433 g/mol. The molecule has 0 saturated heterocycles. The number of hydrogen-bond donors (Lipinski definition) is 1. The number of aromatic nitrogens is 1. The van der Waals surface area contributed by atoms with E-state index in [9.17, 15) is 9.18 Å². The van der Waals surface area contributed by atoms with Gasteiger partial charge in [-0.05, 0) is 61.4 Å². The minimum Gasteiger partial charge on any atom is -0.484 e.